The zero-order valence-electron chi connectivity index (χ0n) is 5.94. The van der Waals surface area contributed by atoms with Crippen LogP contribution in [-0.4, -0.2) is 32.2 Å². The van der Waals surface area contributed by atoms with Crippen LogP contribution in [0.5, 0.6) is 0 Å². The first-order valence-electron chi connectivity index (χ1n) is 3.12. The molecule has 1 aliphatic heterocycles. The van der Waals surface area contributed by atoms with Crippen molar-refractivity contribution in [2.45, 2.75) is 0 Å². The Hall–Kier alpha value is -0.700. The van der Waals surface area contributed by atoms with Crippen molar-refractivity contribution in [3.8, 4) is 0 Å². The molecular weight excluding hydrogens is 114 g/mol. The van der Waals surface area contributed by atoms with E-state index in [0.29, 0.717) is 0 Å². The lowest BCUT2D eigenvalue weighted by Gasteiger charge is -2.02. The maximum Gasteiger partial charge on any atom is 0.0867 e. The van der Waals surface area contributed by atoms with Gasteiger partial charge in [0.25, 0.3) is 0 Å². The Bertz CT molecular complexity index is 119. The molecule has 0 atom stereocenters. The predicted molar refractivity (Wildman–Crippen MR) is 37.8 cm³/mol. The smallest absolute Gasteiger partial charge is 0.0867 e. The summed E-state index contributed by atoms with van der Waals surface area (Å²) < 4.78 is 0. The second-order valence-corrected chi connectivity index (χ2v) is 2.28. The summed E-state index contributed by atoms with van der Waals surface area (Å²) >= 11 is 0. The minimum atomic E-state index is 0.935. The van der Waals surface area contributed by atoms with Crippen LogP contribution in [0.15, 0.2) is 11.9 Å². The first kappa shape index (κ1) is 6.42. The number of hydrogen-bond acceptors (Lipinski definition) is 3. The Morgan fingerprint density at radius 2 is 2.67 bits per heavy atom. The van der Waals surface area contributed by atoms with Crippen LogP contribution < -0.4 is 10.6 Å². The Kier molecular flexibility index (Phi) is 1.95. The normalized spacial score (nSPS) is 17.6. The van der Waals surface area contributed by atoms with Crippen LogP contribution in [0.3, 0.4) is 0 Å². The van der Waals surface area contributed by atoms with Gasteiger partial charge < -0.3 is 15.5 Å². The maximum atomic E-state index is 3.23. The van der Waals surface area contributed by atoms with E-state index in [1.165, 1.54) is 5.70 Å². The summed E-state index contributed by atoms with van der Waals surface area (Å²) in [5, 5.41) is 6.30. The summed E-state index contributed by atoms with van der Waals surface area (Å²) in [7, 11) is 4.00. The van der Waals surface area contributed by atoms with Crippen LogP contribution in [-0.2, 0) is 0 Å². The summed E-state index contributed by atoms with van der Waals surface area (Å²) in [5.41, 5.74) is 1.26. The lowest BCUT2D eigenvalue weighted by Crippen LogP contribution is -2.21. The van der Waals surface area contributed by atoms with Gasteiger partial charge in [0.1, 0.15) is 0 Å². The molecule has 3 heteroatoms. The monoisotopic (exact) mass is 127 g/mol. The minimum Gasteiger partial charge on any atom is -0.369 e. The summed E-state index contributed by atoms with van der Waals surface area (Å²) in [6.07, 6.45) is 2.11. The van der Waals surface area contributed by atoms with Crippen molar-refractivity contribution in [2.75, 3.05) is 27.3 Å². The van der Waals surface area contributed by atoms with Crippen molar-refractivity contribution in [3.63, 3.8) is 0 Å². The number of likely N-dealkylation sites (N-methyl/N-ethyl adjacent to an activating group) is 1. The van der Waals surface area contributed by atoms with Gasteiger partial charge in [-0.3, -0.25) is 0 Å². The molecule has 1 heterocycles. The second kappa shape index (κ2) is 2.73. The molecule has 0 radical (unpaired) electrons. The molecule has 3 nitrogen and oxygen atoms in total. The maximum absolute atomic E-state index is 3.23. The molecular formula is C6H13N3. The zero-order chi connectivity index (χ0) is 6.69. The molecule has 0 saturated carbocycles. The van der Waals surface area contributed by atoms with Gasteiger partial charge in [-0.15, -0.1) is 0 Å². The topological polar surface area (TPSA) is 27.3 Å². The van der Waals surface area contributed by atoms with Gasteiger partial charge in [-0.25, -0.2) is 0 Å². The third-order valence-corrected chi connectivity index (χ3v) is 1.30. The van der Waals surface area contributed by atoms with E-state index >= 15 is 0 Å². The fourth-order valence-corrected chi connectivity index (χ4v) is 0.882. The molecule has 52 valence electrons. The fraction of sp³-hybridized carbons (Fsp3) is 0.667. The van der Waals surface area contributed by atoms with Crippen LogP contribution in [0.4, 0.5) is 0 Å². The van der Waals surface area contributed by atoms with Crippen molar-refractivity contribution in [1.82, 2.24) is 15.5 Å². The summed E-state index contributed by atoms with van der Waals surface area (Å²) in [6.45, 7) is 1.88. The predicted octanol–water partition coefficient (Wildman–Crippen LogP) is -0.460. The quantitative estimate of drug-likeness (QED) is 0.525. The SMILES string of the molecule is CNCC1=CN(C)CN1. The third-order valence-electron chi connectivity index (χ3n) is 1.30. The van der Waals surface area contributed by atoms with Crippen LogP contribution in [0, 0.1) is 0 Å². The molecule has 0 amide bonds. The first-order valence-corrected chi connectivity index (χ1v) is 3.12. The molecule has 0 aromatic rings. The Morgan fingerprint density at radius 1 is 1.89 bits per heavy atom. The van der Waals surface area contributed by atoms with Crippen LogP contribution >= 0.6 is 0 Å². The van der Waals surface area contributed by atoms with Gasteiger partial charge in [-0.1, -0.05) is 0 Å². The van der Waals surface area contributed by atoms with E-state index in [2.05, 4.69) is 28.8 Å². The van der Waals surface area contributed by atoms with Crippen molar-refractivity contribution in [2.24, 2.45) is 0 Å². The van der Waals surface area contributed by atoms with E-state index in [4.69, 9.17) is 0 Å². The Morgan fingerprint density at radius 3 is 3.11 bits per heavy atom. The van der Waals surface area contributed by atoms with Crippen molar-refractivity contribution >= 4 is 0 Å². The zero-order valence-corrected chi connectivity index (χ0v) is 5.94. The molecule has 1 aliphatic rings. The van der Waals surface area contributed by atoms with Gasteiger partial charge in [0.2, 0.25) is 0 Å². The Balaban J connectivity index is 2.33. The van der Waals surface area contributed by atoms with Crippen LogP contribution in [0.25, 0.3) is 0 Å². The molecule has 0 saturated heterocycles. The van der Waals surface area contributed by atoms with E-state index < -0.39 is 0 Å². The van der Waals surface area contributed by atoms with E-state index in [1.807, 2.05) is 7.05 Å². The van der Waals surface area contributed by atoms with Gasteiger partial charge in [-0.2, -0.15) is 0 Å². The summed E-state index contributed by atoms with van der Waals surface area (Å²) in [5.74, 6) is 0. The van der Waals surface area contributed by atoms with E-state index in [1.54, 1.807) is 0 Å². The standard InChI is InChI=1S/C6H13N3/c1-7-3-6-4-9(2)5-8-6/h4,7-8H,3,5H2,1-2H3. The number of nitrogens with one attached hydrogen (secondary N) is 2. The number of nitrogens with zero attached hydrogens (tertiary/aromatic N) is 1. The largest absolute Gasteiger partial charge is 0.369 e. The molecule has 1 rings (SSSR count). The van der Waals surface area contributed by atoms with Crippen LogP contribution in [0.2, 0.25) is 0 Å². The second-order valence-electron chi connectivity index (χ2n) is 2.28. The average molecular weight is 127 g/mol. The van der Waals surface area contributed by atoms with Gasteiger partial charge >= 0.3 is 0 Å². The van der Waals surface area contributed by atoms with E-state index in [0.717, 1.165) is 13.2 Å². The lowest BCUT2D eigenvalue weighted by atomic mass is 10.5. The van der Waals surface area contributed by atoms with Crippen molar-refractivity contribution < 1.29 is 0 Å². The molecule has 0 aromatic carbocycles. The number of hydrogen-bond donors (Lipinski definition) is 2. The minimum absolute atomic E-state index is 0.935. The molecule has 0 aliphatic carbocycles. The number of rotatable bonds is 2. The van der Waals surface area contributed by atoms with E-state index in [-0.39, 0.29) is 0 Å². The van der Waals surface area contributed by atoms with Gasteiger partial charge in [0, 0.05) is 25.5 Å². The molecule has 0 unspecified atom stereocenters. The first-order chi connectivity index (χ1) is 4.33. The van der Waals surface area contributed by atoms with Crippen molar-refractivity contribution in [1.29, 1.82) is 0 Å². The highest BCUT2D eigenvalue weighted by molar-refractivity contribution is 5.05. The molecule has 9 heavy (non-hydrogen) atoms. The van der Waals surface area contributed by atoms with E-state index in [9.17, 15) is 0 Å². The van der Waals surface area contributed by atoms with Gasteiger partial charge in [0.15, 0.2) is 0 Å². The lowest BCUT2D eigenvalue weighted by molar-refractivity contribution is 0.473. The fourth-order valence-electron chi connectivity index (χ4n) is 0.882. The molecule has 0 aromatic heterocycles. The van der Waals surface area contributed by atoms with Gasteiger partial charge in [0.05, 0.1) is 6.67 Å². The highest BCUT2D eigenvalue weighted by atomic mass is 15.2. The molecule has 2 N–H and O–H groups in total. The average Bonchev–Trinajstić information content (AvgIpc) is 2.17. The van der Waals surface area contributed by atoms with Crippen molar-refractivity contribution in [3.05, 3.63) is 11.9 Å². The summed E-state index contributed by atoms with van der Waals surface area (Å²) in [4.78, 5) is 2.12. The highest BCUT2D eigenvalue weighted by Gasteiger charge is 2.04. The highest BCUT2D eigenvalue weighted by Crippen LogP contribution is 1.97. The third kappa shape index (κ3) is 1.61. The summed E-state index contributed by atoms with van der Waals surface area (Å²) in [6, 6.07) is 0. The molecule has 0 spiro atoms. The molecule has 0 bridgehead atoms. The van der Waals surface area contributed by atoms with Gasteiger partial charge in [-0.05, 0) is 7.05 Å². The molecule has 0 fully saturated rings. The Labute approximate surface area is 55.7 Å². The van der Waals surface area contributed by atoms with Crippen LogP contribution in [0.1, 0.15) is 0 Å².